The number of nitrogens with zero attached hydrogens (tertiary/aromatic N) is 2. The second-order valence-electron chi connectivity index (χ2n) is 3.04. The topological polar surface area (TPSA) is 80.2 Å². The molecule has 0 aliphatic heterocycles. The van der Waals surface area contributed by atoms with Crippen LogP contribution < -0.4 is 0 Å². The Hall–Kier alpha value is -1.01. The number of rotatable bonds is 4. The van der Waals surface area contributed by atoms with Crippen molar-refractivity contribution in [3.05, 3.63) is 23.8 Å². The minimum absolute atomic E-state index is 0.234. The fourth-order valence-electron chi connectivity index (χ4n) is 1.07. The van der Waals surface area contributed by atoms with Gasteiger partial charge in [-0.1, -0.05) is 0 Å². The molecule has 14 heavy (non-hydrogen) atoms. The van der Waals surface area contributed by atoms with Crippen LogP contribution in [0.15, 0.2) is 12.4 Å². The first-order valence-electron chi connectivity index (χ1n) is 4.20. The number of aromatic nitrogens is 2. The maximum Gasteiger partial charge on any atom is 0.264 e. The van der Waals surface area contributed by atoms with Crippen molar-refractivity contribution in [3.8, 4) is 0 Å². The molecule has 0 radical (unpaired) electrons. The van der Waals surface area contributed by atoms with Gasteiger partial charge < -0.3 is 0 Å². The lowest BCUT2D eigenvalue weighted by Crippen LogP contribution is -2.05. The predicted molar refractivity (Wildman–Crippen MR) is 51.5 cm³/mol. The van der Waals surface area contributed by atoms with Crippen LogP contribution in [0.2, 0.25) is 0 Å². The van der Waals surface area contributed by atoms with Crippen molar-refractivity contribution in [2.24, 2.45) is 0 Å². The van der Waals surface area contributed by atoms with Crippen LogP contribution in [0.4, 0.5) is 0 Å². The zero-order valence-electron chi connectivity index (χ0n) is 7.84. The second-order valence-corrected chi connectivity index (χ2v) is 4.61. The van der Waals surface area contributed by atoms with Gasteiger partial charge in [-0.25, -0.2) is 0 Å². The Morgan fingerprint density at radius 2 is 2.14 bits per heavy atom. The van der Waals surface area contributed by atoms with Gasteiger partial charge in [-0.2, -0.15) is 8.42 Å². The molecule has 0 saturated carbocycles. The molecule has 0 atom stereocenters. The van der Waals surface area contributed by atoms with Gasteiger partial charge in [-0.3, -0.25) is 14.5 Å². The molecule has 1 rings (SSSR count). The first-order chi connectivity index (χ1) is 6.47. The third-order valence-electron chi connectivity index (χ3n) is 1.64. The number of hydrogen-bond acceptors (Lipinski definition) is 4. The molecule has 0 aliphatic carbocycles. The van der Waals surface area contributed by atoms with E-state index in [1.54, 1.807) is 12.4 Å². The van der Waals surface area contributed by atoms with E-state index in [-0.39, 0.29) is 5.75 Å². The predicted octanol–water partition coefficient (Wildman–Crippen LogP) is 0.605. The largest absolute Gasteiger partial charge is 0.286 e. The molecule has 0 saturated heterocycles. The van der Waals surface area contributed by atoms with Gasteiger partial charge in [0.2, 0.25) is 0 Å². The summed E-state index contributed by atoms with van der Waals surface area (Å²) in [6.45, 7) is 1.82. The van der Waals surface area contributed by atoms with Crippen LogP contribution >= 0.6 is 0 Å². The van der Waals surface area contributed by atoms with Crippen LogP contribution in [-0.2, 0) is 16.5 Å². The highest BCUT2D eigenvalue weighted by Crippen LogP contribution is 2.00. The molecule has 1 heterocycles. The minimum atomic E-state index is -3.85. The van der Waals surface area contributed by atoms with Crippen LogP contribution in [-0.4, -0.2) is 28.7 Å². The maximum atomic E-state index is 10.4. The summed E-state index contributed by atoms with van der Waals surface area (Å²) >= 11 is 0. The van der Waals surface area contributed by atoms with Crippen molar-refractivity contribution in [2.45, 2.75) is 19.8 Å². The van der Waals surface area contributed by atoms with Crippen molar-refractivity contribution in [2.75, 3.05) is 5.75 Å². The van der Waals surface area contributed by atoms with Crippen LogP contribution in [0.1, 0.15) is 17.8 Å². The van der Waals surface area contributed by atoms with E-state index in [4.69, 9.17) is 4.55 Å². The average molecular weight is 216 g/mol. The van der Waals surface area contributed by atoms with E-state index in [1.165, 1.54) is 0 Å². The molecule has 1 aromatic rings. The molecule has 0 unspecified atom stereocenters. The zero-order chi connectivity index (χ0) is 10.6. The van der Waals surface area contributed by atoms with E-state index in [1.807, 2.05) is 6.92 Å². The smallest absolute Gasteiger partial charge is 0.264 e. The lowest BCUT2D eigenvalue weighted by Gasteiger charge is -1.99. The molecule has 5 nitrogen and oxygen atoms in total. The zero-order valence-corrected chi connectivity index (χ0v) is 8.66. The summed E-state index contributed by atoms with van der Waals surface area (Å²) in [5.41, 5.74) is 1.54. The van der Waals surface area contributed by atoms with Crippen molar-refractivity contribution < 1.29 is 13.0 Å². The molecule has 78 valence electrons. The van der Waals surface area contributed by atoms with Gasteiger partial charge in [0.15, 0.2) is 0 Å². The van der Waals surface area contributed by atoms with Gasteiger partial charge in [0, 0.05) is 12.4 Å². The van der Waals surface area contributed by atoms with Gasteiger partial charge in [0.1, 0.15) is 0 Å². The van der Waals surface area contributed by atoms with E-state index in [0.717, 1.165) is 11.4 Å². The molecule has 0 fully saturated rings. The molecule has 6 heteroatoms. The van der Waals surface area contributed by atoms with E-state index in [9.17, 15) is 8.42 Å². The second kappa shape index (κ2) is 4.47. The summed E-state index contributed by atoms with van der Waals surface area (Å²) in [4.78, 5) is 8.08. The van der Waals surface area contributed by atoms with E-state index < -0.39 is 10.1 Å². The fourth-order valence-corrected chi connectivity index (χ4v) is 1.58. The quantitative estimate of drug-likeness (QED) is 0.746. The lowest BCUT2D eigenvalue weighted by atomic mass is 10.2. The highest BCUT2D eigenvalue weighted by Gasteiger charge is 2.04. The van der Waals surface area contributed by atoms with Crippen molar-refractivity contribution in [1.82, 2.24) is 9.97 Å². The van der Waals surface area contributed by atoms with Crippen molar-refractivity contribution in [1.29, 1.82) is 0 Å². The number of hydrogen-bond donors (Lipinski definition) is 1. The molecule has 0 aromatic carbocycles. The first kappa shape index (κ1) is 11.1. The molecular weight excluding hydrogens is 204 g/mol. The molecule has 1 N–H and O–H groups in total. The highest BCUT2D eigenvalue weighted by atomic mass is 32.2. The van der Waals surface area contributed by atoms with Gasteiger partial charge in [-0.05, 0) is 19.8 Å². The average Bonchev–Trinajstić information content (AvgIpc) is 2.01. The Bertz CT molecular complexity index is 403. The Kier molecular flexibility index (Phi) is 3.54. The summed E-state index contributed by atoms with van der Waals surface area (Å²) in [6.07, 6.45) is 4.09. The summed E-state index contributed by atoms with van der Waals surface area (Å²) in [6, 6.07) is 0. The van der Waals surface area contributed by atoms with Crippen LogP contribution in [0, 0.1) is 6.92 Å². The normalized spacial score (nSPS) is 11.6. The van der Waals surface area contributed by atoms with Gasteiger partial charge in [0.05, 0.1) is 17.1 Å². The van der Waals surface area contributed by atoms with Crippen molar-refractivity contribution >= 4 is 10.1 Å². The number of aryl methyl sites for hydroxylation is 2. The summed E-state index contributed by atoms with van der Waals surface area (Å²) in [7, 11) is -3.85. The first-order valence-corrected chi connectivity index (χ1v) is 5.81. The molecule has 0 amide bonds. The van der Waals surface area contributed by atoms with E-state index in [0.29, 0.717) is 12.8 Å². The Morgan fingerprint density at radius 3 is 2.71 bits per heavy atom. The van der Waals surface area contributed by atoms with Crippen LogP contribution in [0.3, 0.4) is 0 Å². The minimum Gasteiger partial charge on any atom is -0.286 e. The SMILES string of the molecule is Cc1cncc(CCCS(=O)(=O)O)n1. The third kappa shape index (κ3) is 4.29. The van der Waals surface area contributed by atoms with Gasteiger partial charge >= 0.3 is 0 Å². The van der Waals surface area contributed by atoms with Crippen LogP contribution in [0.25, 0.3) is 0 Å². The van der Waals surface area contributed by atoms with E-state index >= 15 is 0 Å². The summed E-state index contributed by atoms with van der Waals surface area (Å²) < 4.78 is 29.3. The monoisotopic (exact) mass is 216 g/mol. The van der Waals surface area contributed by atoms with Gasteiger partial charge in [0.25, 0.3) is 10.1 Å². The van der Waals surface area contributed by atoms with E-state index in [2.05, 4.69) is 9.97 Å². The summed E-state index contributed by atoms with van der Waals surface area (Å²) in [5.74, 6) is -0.234. The van der Waals surface area contributed by atoms with Gasteiger partial charge in [-0.15, -0.1) is 0 Å². The Morgan fingerprint density at radius 1 is 1.43 bits per heavy atom. The summed E-state index contributed by atoms with van der Waals surface area (Å²) in [5, 5.41) is 0. The molecule has 0 spiro atoms. The standard InChI is InChI=1S/C8H12N2O3S/c1-7-5-9-6-8(10-7)3-2-4-14(11,12)13/h5-6H,2-4H2,1H3,(H,11,12,13). The Labute approximate surface area is 83.0 Å². The highest BCUT2D eigenvalue weighted by molar-refractivity contribution is 7.85. The molecular formula is C8H12N2O3S. The Balaban J connectivity index is 2.47. The van der Waals surface area contributed by atoms with Crippen LogP contribution in [0.5, 0.6) is 0 Å². The molecule has 1 aromatic heterocycles. The molecule has 0 bridgehead atoms. The fraction of sp³-hybridized carbons (Fsp3) is 0.500. The van der Waals surface area contributed by atoms with Crippen molar-refractivity contribution in [3.63, 3.8) is 0 Å². The third-order valence-corrected chi connectivity index (χ3v) is 2.44. The maximum absolute atomic E-state index is 10.4. The molecule has 0 aliphatic rings. The lowest BCUT2D eigenvalue weighted by molar-refractivity contribution is 0.481.